The van der Waals surface area contributed by atoms with Gasteiger partial charge in [0.05, 0.1) is 24.1 Å². The molecule has 1 aliphatic heterocycles. The maximum absolute atomic E-state index is 12.4. The summed E-state index contributed by atoms with van der Waals surface area (Å²) in [6, 6.07) is 1.61. The number of halogens is 1. The first-order chi connectivity index (χ1) is 17.6. The Balaban J connectivity index is 1.54. The summed E-state index contributed by atoms with van der Waals surface area (Å²) in [5, 5.41) is 36.6. The molecular weight excluding hydrogens is 468 g/mol. The molecule has 4 aromatic heterocycles. The predicted molar refractivity (Wildman–Crippen MR) is 117 cm³/mol. The van der Waals surface area contributed by atoms with Gasteiger partial charge in [-0.25, -0.2) is 15.0 Å². The van der Waals surface area contributed by atoms with Gasteiger partial charge in [0.2, 0.25) is 0 Å². The maximum Gasteiger partial charge on any atom is 0.251 e. The maximum atomic E-state index is 12.4. The van der Waals surface area contributed by atoms with E-state index in [4.69, 9.17) is 20.5 Å². The zero-order valence-electron chi connectivity index (χ0n) is 20.1. The predicted octanol–water partition coefficient (Wildman–Crippen LogP) is -0.363. The number of H-pyrrole nitrogens is 1. The number of hydrogen-bond donors (Lipinski definition) is 5. The van der Waals surface area contributed by atoms with Crippen molar-refractivity contribution in [2.75, 3.05) is 12.3 Å². The average Bonchev–Trinajstić information content (AvgIpc) is 3.57. The number of nitrogens with zero attached hydrogens (tertiary/aromatic N) is 7. The number of carbonyl (C=O) groups excluding carboxylic acids is 1. The first-order valence-corrected chi connectivity index (χ1v) is 10.3. The lowest BCUT2D eigenvalue weighted by Crippen LogP contribution is -2.41. The van der Waals surface area contributed by atoms with Crippen molar-refractivity contribution in [2.45, 2.75) is 31.1 Å². The Hall–Kier alpha value is -3.72. The molecule has 0 radical (unpaired) electrons. The number of anilines is 1. The highest BCUT2D eigenvalue weighted by molar-refractivity contribution is 6.30. The van der Waals surface area contributed by atoms with Crippen molar-refractivity contribution in [1.29, 1.82) is 0 Å². The molecule has 34 heavy (non-hydrogen) atoms. The fraction of sp³-hybridized carbons (Fsp3) is 0.316. The van der Waals surface area contributed by atoms with Gasteiger partial charge < -0.3 is 25.6 Å². The molecule has 5 heterocycles. The lowest BCUT2D eigenvalue weighted by atomic mass is 10.1. The summed E-state index contributed by atoms with van der Waals surface area (Å²) in [6.45, 7) is -2.57. The molecule has 0 aliphatic carbocycles. The lowest BCUT2D eigenvalue weighted by Gasteiger charge is -2.17. The third kappa shape index (κ3) is 3.92. The van der Waals surface area contributed by atoms with Gasteiger partial charge in [-0.3, -0.25) is 14.3 Å². The van der Waals surface area contributed by atoms with Gasteiger partial charge in [0, 0.05) is 29.0 Å². The van der Waals surface area contributed by atoms with Crippen LogP contribution in [-0.4, -0.2) is 81.3 Å². The Morgan fingerprint density at radius 2 is 2.21 bits per heavy atom. The third-order valence-electron chi connectivity index (χ3n) is 5.18. The minimum absolute atomic E-state index is 0.181. The van der Waals surface area contributed by atoms with E-state index in [1.54, 1.807) is 11.4 Å². The molecular formula is C19H19ClN10O4. The van der Waals surface area contributed by atoms with Gasteiger partial charge in [-0.05, 0) is 6.07 Å². The van der Waals surface area contributed by atoms with Crippen molar-refractivity contribution >= 4 is 34.5 Å². The van der Waals surface area contributed by atoms with Crippen LogP contribution in [0, 0.1) is 0 Å². The number of aromatic amines is 1. The van der Waals surface area contributed by atoms with Gasteiger partial charge in [-0.15, -0.1) is 0 Å². The van der Waals surface area contributed by atoms with Gasteiger partial charge in [0.1, 0.15) is 17.9 Å². The molecule has 0 saturated carbocycles. The molecule has 5 N–H and O–H groups in total. The van der Waals surface area contributed by atoms with Crippen molar-refractivity contribution in [3.05, 3.63) is 41.7 Å². The molecule has 4 atom stereocenters. The molecule has 176 valence electrons. The Labute approximate surface area is 200 Å². The number of fused-ring (bicyclic) bond motifs is 1. The minimum Gasteiger partial charge on any atom is -0.387 e. The number of aliphatic hydroxyl groups excluding tert-OH is 2. The van der Waals surface area contributed by atoms with E-state index in [0.717, 1.165) is 0 Å². The SMILES string of the molecule is [2H]C([2H])([2H])NC(=O)[C@H]1O[C@@H](n2cnc3c(NCc4cn[nH]n4)nc(-c4cncc(Cl)c4)nc32)[C@H](O)[C@@H]1O. The Morgan fingerprint density at radius 3 is 2.97 bits per heavy atom. The van der Waals surface area contributed by atoms with Crippen LogP contribution in [0.1, 0.15) is 16.0 Å². The Bertz CT molecular complexity index is 1430. The second-order valence-corrected chi connectivity index (χ2v) is 7.78. The lowest BCUT2D eigenvalue weighted by molar-refractivity contribution is -0.137. The number of imidazole rings is 1. The fourth-order valence-electron chi connectivity index (χ4n) is 3.55. The molecule has 4 aromatic rings. The van der Waals surface area contributed by atoms with Crippen LogP contribution in [0.4, 0.5) is 5.82 Å². The molecule has 15 heteroatoms. The zero-order chi connectivity index (χ0) is 26.3. The number of pyridine rings is 1. The summed E-state index contributed by atoms with van der Waals surface area (Å²) in [5.74, 6) is -0.600. The number of ether oxygens (including phenoxy) is 1. The molecule has 1 fully saturated rings. The van der Waals surface area contributed by atoms with E-state index in [1.807, 2.05) is 0 Å². The van der Waals surface area contributed by atoms with Crippen LogP contribution in [0.2, 0.25) is 5.02 Å². The van der Waals surface area contributed by atoms with Gasteiger partial charge in [-0.2, -0.15) is 15.4 Å². The molecule has 0 aromatic carbocycles. The number of likely N-dealkylation sites (N-methyl/N-ethyl adjacent to an activating group) is 1. The number of nitrogens with one attached hydrogen (secondary N) is 3. The summed E-state index contributed by atoms with van der Waals surface area (Å²) in [7, 11) is 0. The first-order valence-electron chi connectivity index (χ1n) is 11.4. The molecule has 5 rings (SSSR count). The summed E-state index contributed by atoms with van der Waals surface area (Å²) in [6.07, 6.45) is -0.514. The van der Waals surface area contributed by atoms with Crippen molar-refractivity contribution < 1.29 is 23.9 Å². The molecule has 0 bridgehead atoms. The molecule has 0 spiro atoms. The van der Waals surface area contributed by atoms with Crippen LogP contribution in [0.15, 0.2) is 31.0 Å². The number of hydrogen-bond acceptors (Lipinski definition) is 11. The van der Waals surface area contributed by atoms with Gasteiger partial charge in [0.15, 0.2) is 35.1 Å². The minimum atomic E-state index is -2.80. The van der Waals surface area contributed by atoms with E-state index in [1.165, 1.54) is 29.5 Å². The van der Waals surface area contributed by atoms with Crippen molar-refractivity contribution in [3.63, 3.8) is 0 Å². The van der Waals surface area contributed by atoms with Crippen LogP contribution in [0.3, 0.4) is 0 Å². The molecule has 1 aliphatic rings. The monoisotopic (exact) mass is 489 g/mol. The largest absolute Gasteiger partial charge is 0.387 e. The van der Waals surface area contributed by atoms with Crippen LogP contribution in [0.5, 0.6) is 0 Å². The highest BCUT2D eigenvalue weighted by Crippen LogP contribution is 2.33. The van der Waals surface area contributed by atoms with Crippen molar-refractivity contribution in [3.8, 4) is 11.4 Å². The normalized spacial score (nSPS) is 23.9. The summed E-state index contributed by atoms with van der Waals surface area (Å²) >= 11 is 6.09. The van der Waals surface area contributed by atoms with Crippen LogP contribution >= 0.6 is 11.6 Å². The second-order valence-electron chi connectivity index (χ2n) is 7.34. The van der Waals surface area contributed by atoms with Gasteiger partial charge in [-0.1, -0.05) is 11.6 Å². The Kier molecular flexibility index (Phi) is 4.89. The standard InChI is InChI=1S/C19H19ClN10O4/c1-21-18(33)14-12(31)13(32)19(34-14)30-7-24-11-16(23-5-10-6-25-29-28-10)26-15(27-17(11)30)8-2-9(20)4-22-3-8/h2-4,6-7,12-14,19,31-32H,5H2,1H3,(H,21,33)(H,23,26,27)(H,25,28,29)/t12-,13+,14-,19+/m0/s1/i1D3. The van der Waals surface area contributed by atoms with E-state index in [0.29, 0.717) is 22.1 Å². The molecule has 1 amide bonds. The number of carbonyl (C=O) groups is 1. The van der Waals surface area contributed by atoms with Crippen molar-refractivity contribution in [1.82, 2.24) is 45.2 Å². The van der Waals surface area contributed by atoms with Crippen molar-refractivity contribution in [2.24, 2.45) is 0 Å². The first kappa shape index (κ1) is 18.7. The quantitative estimate of drug-likeness (QED) is 0.237. The fourth-order valence-corrected chi connectivity index (χ4v) is 3.73. The van der Waals surface area contributed by atoms with Crippen LogP contribution in [-0.2, 0) is 16.1 Å². The van der Waals surface area contributed by atoms with Gasteiger partial charge in [0.25, 0.3) is 5.91 Å². The summed E-state index contributed by atoms with van der Waals surface area (Å²) < 4.78 is 28.5. The number of aromatic nitrogens is 8. The number of amides is 1. The molecule has 0 unspecified atom stereocenters. The van der Waals surface area contributed by atoms with Crippen LogP contribution in [0.25, 0.3) is 22.6 Å². The van der Waals surface area contributed by atoms with E-state index in [2.05, 4.69) is 40.7 Å². The zero-order valence-corrected chi connectivity index (χ0v) is 17.9. The number of rotatable bonds is 6. The highest BCUT2D eigenvalue weighted by atomic mass is 35.5. The summed E-state index contributed by atoms with van der Waals surface area (Å²) in [4.78, 5) is 29.8. The topological polar surface area (TPSA) is 189 Å². The number of aliphatic hydroxyl groups is 2. The molecule has 14 nitrogen and oxygen atoms in total. The summed E-state index contributed by atoms with van der Waals surface area (Å²) in [5.41, 5.74) is 1.54. The smallest absolute Gasteiger partial charge is 0.251 e. The Morgan fingerprint density at radius 1 is 1.32 bits per heavy atom. The highest BCUT2D eigenvalue weighted by Gasteiger charge is 2.47. The molecule has 1 saturated heterocycles. The van der Waals surface area contributed by atoms with E-state index >= 15 is 0 Å². The van der Waals surface area contributed by atoms with E-state index in [9.17, 15) is 15.0 Å². The van der Waals surface area contributed by atoms with Crippen LogP contribution < -0.4 is 10.6 Å². The van der Waals surface area contributed by atoms with Gasteiger partial charge >= 0.3 is 0 Å². The third-order valence-corrected chi connectivity index (χ3v) is 5.39. The average molecular weight is 490 g/mol. The van der Waals surface area contributed by atoms with E-state index in [-0.39, 0.29) is 23.5 Å². The van der Waals surface area contributed by atoms with E-state index < -0.39 is 37.4 Å². The second kappa shape index (κ2) is 8.90.